The number of nitrogens with zero attached hydrogens (tertiary/aromatic N) is 1. The molecule has 0 aromatic rings. The predicted molar refractivity (Wildman–Crippen MR) is 37.5 cm³/mol. The summed E-state index contributed by atoms with van der Waals surface area (Å²) in [5.41, 5.74) is 0. The van der Waals surface area contributed by atoms with Crippen LogP contribution in [0.5, 0.6) is 0 Å². The van der Waals surface area contributed by atoms with Gasteiger partial charge in [0.25, 0.3) is 0 Å². The van der Waals surface area contributed by atoms with Crippen LogP contribution >= 0.6 is 0 Å². The SMILES string of the molecule is [B]=NCO[Si](C)(C)C. The van der Waals surface area contributed by atoms with E-state index in [1.165, 1.54) is 0 Å². The van der Waals surface area contributed by atoms with E-state index in [0.717, 1.165) is 0 Å². The first-order chi connectivity index (χ1) is 3.56. The number of hydrogen-bond acceptors (Lipinski definition) is 2. The zero-order valence-electron chi connectivity index (χ0n) is 5.64. The standard InChI is InChI=1S/C4H11BNOSi/c1-8(2,3)7-4-6-5/h4H2,1-3H3. The molecule has 0 aliphatic heterocycles. The van der Waals surface area contributed by atoms with Gasteiger partial charge < -0.3 is 0 Å². The zero-order chi connectivity index (χ0) is 6.62. The summed E-state index contributed by atoms with van der Waals surface area (Å²) in [7, 11) is 3.51. The van der Waals surface area contributed by atoms with Crippen molar-refractivity contribution < 1.29 is 4.43 Å². The Balaban J connectivity index is 3.24. The quantitative estimate of drug-likeness (QED) is 0.522. The Morgan fingerprint density at radius 1 is 1.50 bits per heavy atom. The van der Waals surface area contributed by atoms with Gasteiger partial charge in [0, 0.05) is 0 Å². The van der Waals surface area contributed by atoms with Crippen molar-refractivity contribution in [3.63, 3.8) is 0 Å². The first-order valence-electron chi connectivity index (χ1n) is 2.57. The van der Waals surface area contributed by atoms with Crippen LogP contribution in [0.3, 0.4) is 0 Å². The third kappa shape index (κ3) is 6.04. The van der Waals surface area contributed by atoms with E-state index in [4.69, 9.17) is 12.1 Å². The molecule has 0 atom stereocenters. The first kappa shape index (κ1) is 8.04. The molecule has 0 saturated carbocycles. The van der Waals surface area contributed by atoms with Crippen LogP contribution in [0.4, 0.5) is 0 Å². The van der Waals surface area contributed by atoms with E-state index in [-0.39, 0.29) is 0 Å². The summed E-state index contributed by atoms with van der Waals surface area (Å²) in [6.07, 6.45) is 0. The van der Waals surface area contributed by atoms with E-state index in [9.17, 15) is 0 Å². The maximum atomic E-state index is 5.23. The van der Waals surface area contributed by atoms with Gasteiger partial charge in [-0.2, -0.15) is 0 Å². The van der Waals surface area contributed by atoms with E-state index in [2.05, 4.69) is 24.5 Å². The molecule has 0 aromatic carbocycles. The molecule has 8 heavy (non-hydrogen) atoms. The van der Waals surface area contributed by atoms with Crippen molar-refractivity contribution in [1.82, 2.24) is 0 Å². The fourth-order valence-electron chi connectivity index (χ4n) is 0.231. The van der Waals surface area contributed by atoms with Gasteiger partial charge >= 0.3 is 51.6 Å². The molecule has 0 unspecified atom stereocenters. The van der Waals surface area contributed by atoms with Crippen molar-refractivity contribution >= 4 is 16.0 Å². The molecule has 0 bridgehead atoms. The molecule has 0 N–H and O–H groups in total. The second kappa shape index (κ2) is 3.14. The molecule has 0 rings (SSSR count). The Hall–Kier alpha value is 0.0418. The van der Waals surface area contributed by atoms with Crippen LogP contribution in [-0.4, -0.2) is 22.7 Å². The van der Waals surface area contributed by atoms with Crippen molar-refractivity contribution in [3.8, 4) is 0 Å². The molecule has 0 saturated heterocycles. The van der Waals surface area contributed by atoms with Crippen LogP contribution in [0, 0.1) is 0 Å². The molecular formula is C4H11BNOSi. The van der Waals surface area contributed by atoms with Crippen molar-refractivity contribution in [1.29, 1.82) is 0 Å². The summed E-state index contributed by atoms with van der Waals surface area (Å²) >= 11 is 0. The van der Waals surface area contributed by atoms with Gasteiger partial charge in [0.2, 0.25) is 0 Å². The van der Waals surface area contributed by atoms with Crippen molar-refractivity contribution in [2.24, 2.45) is 4.90 Å². The Kier molecular flexibility index (Phi) is 3.16. The van der Waals surface area contributed by atoms with Crippen LogP contribution in [0.1, 0.15) is 0 Å². The second-order valence-corrected chi connectivity index (χ2v) is 7.08. The third-order valence-corrected chi connectivity index (χ3v) is 1.57. The van der Waals surface area contributed by atoms with Gasteiger partial charge in [0.15, 0.2) is 0 Å². The summed E-state index contributed by atoms with van der Waals surface area (Å²) in [5.74, 6) is 0. The van der Waals surface area contributed by atoms with Gasteiger partial charge in [-0.1, -0.05) is 0 Å². The molecule has 1 radical (unpaired) electrons. The van der Waals surface area contributed by atoms with Crippen molar-refractivity contribution in [2.75, 3.05) is 6.73 Å². The Labute approximate surface area is 52.5 Å². The number of rotatable bonds is 3. The number of hydrogen-bond donors (Lipinski definition) is 0. The van der Waals surface area contributed by atoms with Gasteiger partial charge in [0.1, 0.15) is 0 Å². The fourth-order valence-corrected chi connectivity index (χ4v) is 0.693. The van der Waals surface area contributed by atoms with E-state index in [1.54, 1.807) is 0 Å². The summed E-state index contributed by atoms with van der Waals surface area (Å²) in [6.45, 7) is 6.63. The third-order valence-electron chi connectivity index (χ3n) is 0.572. The van der Waals surface area contributed by atoms with Crippen LogP contribution in [-0.2, 0) is 4.43 Å². The summed E-state index contributed by atoms with van der Waals surface area (Å²) in [4.78, 5) is 3.33. The van der Waals surface area contributed by atoms with E-state index < -0.39 is 8.32 Å². The monoisotopic (exact) mass is 128 g/mol. The Morgan fingerprint density at radius 3 is 2.12 bits per heavy atom. The topological polar surface area (TPSA) is 21.6 Å². The predicted octanol–water partition coefficient (Wildman–Crippen LogP) is 1.15. The average Bonchev–Trinajstić information content (AvgIpc) is 1.59. The minimum atomic E-state index is -1.35. The molecule has 0 amide bonds. The van der Waals surface area contributed by atoms with Crippen molar-refractivity contribution in [2.45, 2.75) is 19.6 Å². The molecule has 0 spiro atoms. The van der Waals surface area contributed by atoms with Crippen molar-refractivity contribution in [3.05, 3.63) is 0 Å². The molecule has 0 aliphatic rings. The van der Waals surface area contributed by atoms with Crippen LogP contribution < -0.4 is 0 Å². The molecule has 2 nitrogen and oxygen atoms in total. The van der Waals surface area contributed by atoms with Gasteiger partial charge in [-0.05, 0) is 0 Å². The van der Waals surface area contributed by atoms with Gasteiger partial charge in [-0.3, -0.25) is 0 Å². The minimum absolute atomic E-state index is 0.343. The van der Waals surface area contributed by atoms with E-state index >= 15 is 0 Å². The van der Waals surface area contributed by atoms with Crippen LogP contribution in [0.2, 0.25) is 19.6 Å². The summed E-state index contributed by atoms with van der Waals surface area (Å²) < 4.78 is 5.23. The Bertz CT molecular complexity index is 80.6. The van der Waals surface area contributed by atoms with E-state index in [0.29, 0.717) is 6.73 Å². The second-order valence-electron chi connectivity index (χ2n) is 2.57. The maximum absolute atomic E-state index is 5.23. The zero-order valence-corrected chi connectivity index (χ0v) is 6.64. The normalized spacial score (nSPS) is 11.2. The molecule has 0 heterocycles. The summed E-state index contributed by atoms with van der Waals surface area (Å²) in [6, 6.07) is 0. The first-order valence-corrected chi connectivity index (χ1v) is 5.98. The van der Waals surface area contributed by atoms with Crippen LogP contribution in [0.25, 0.3) is 0 Å². The molecule has 0 fully saturated rings. The van der Waals surface area contributed by atoms with Gasteiger partial charge in [-0.25, -0.2) is 0 Å². The van der Waals surface area contributed by atoms with E-state index in [1.807, 2.05) is 0 Å². The molecule has 45 valence electrons. The Morgan fingerprint density at radius 2 is 2.00 bits per heavy atom. The molecule has 4 heteroatoms. The average molecular weight is 128 g/mol. The summed E-state index contributed by atoms with van der Waals surface area (Å²) in [5, 5.41) is 0. The van der Waals surface area contributed by atoms with Gasteiger partial charge in [0.05, 0.1) is 0 Å². The molecular weight excluding hydrogens is 117 g/mol. The molecule has 0 aliphatic carbocycles. The van der Waals surface area contributed by atoms with Crippen LogP contribution in [0.15, 0.2) is 4.90 Å². The van der Waals surface area contributed by atoms with Gasteiger partial charge in [-0.15, -0.1) is 0 Å². The molecule has 0 aromatic heterocycles. The fraction of sp³-hybridized carbons (Fsp3) is 1.00.